The summed E-state index contributed by atoms with van der Waals surface area (Å²) in [6, 6.07) is 6.98. The molecule has 1 atom stereocenters. The first-order chi connectivity index (χ1) is 8.72. The third-order valence-electron chi connectivity index (χ3n) is 3.66. The maximum absolute atomic E-state index is 3.65. The fourth-order valence-electron chi connectivity index (χ4n) is 2.69. The predicted octanol–water partition coefficient (Wildman–Crippen LogP) is 4.91. The van der Waals surface area contributed by atoms with E-state index < -0.39 is 0 Å². The van der Waals surface area contributed by atoms with Crippen molar-refractivity contribution in [2.45, 2.75) is 45.6 Å². The molecular weight excluding hydrogens is 286 g/mol. The minimum Gasteiger partial charge on any atom is -0.307 e. The molecule has 0 bridgehead atoms. The molecule has 1 aliphatic carbocycles. The second kappa shape index (κ2) is 6.53. The van der Waals surface area contributed by atoms with Crippen molar-refractivity contribution in [2.75, 3.05) is 6.54 Å². The summed E-state index contributed by atoms with van der Waals surface area (Å²) in [5, 5.41) is 3.65. The Labute approximate surface area is 119 Å². The zero-order chi connectivity index (χ0) is 13.0. The Hall–Kier alpha value is -0.600. The number of hydrogen-bond acceptors (Lipinski definition) is 1. The van der Waals surface area contributed by atoms with E-state index in [0.29, 0.717) is 6.04 Å². The van der Waals surface area contributed by atoms with Crippen LogP contribution in [0.3, 0.4) is 0 Å². The highest BCUT2D eigenvalue weighted by atomic mass is 79.9. The molecular formula is C16H22BrN. The Kier molecular flexibility index (Phi) is 5.02. The highest BCUT2D eigenvalue weighted by Gasteiger charge is 2.19. The SMILES string of the molecule is CCNC(C1=CCCCC1)c1cc(Br)ccc1C. The summed E-state index contributed by atoms with van der Waals surface area (Å²) in [4.78, 5) is 0. The lowest BCUT2D eigenvalue weighted by atomic mass is 9.88. The molecule has 18 heavy (non-hydrogen) atoms. The highest BCUT2D eigenvalue weighted by molar-refractivity contribution is 9.10. The Morgan fingerprint density at radius 1 is 1.33 bits per heavy atom. The van der Waals surface area contributed by atoms with Crippen molar-refractivity contribution in [1.82, 2.24) is 5.32 Å². The van der Waals surface area contributed by atoms with Gasteiger partial charge in [0.1, 0.15) is 0 Å². The van der Waals surface area contributed by atoms with Crippen LogP contribution in [-0.2, 0) is 0 Å². The number of benzene rings is 1. The summed E-state index contributed by atoms with van der Waals surface area (Å²) in [6.45, 7) is 5.40. The molecule has 1 N–H and O–H groups in total. The summed E-state index contributed by atoms with van der Waals surface area (Å²) in [5.74, 6) is 0. The number of nitrogens with one attached hydrogen (secondary N) is 1. The van der Waals surface area contributed by atoms with Gasteiger partial charge in [-0.15, -0.1) is 0 Å². The van der Waals surface area contributed by atoms with Crippen LogP contribution in [0.5, 0.6) is 0 Å². The van der Waals surface area contributed by atoms with Crippen molar-refractivity contribution in [2.24, 2.45) is 0 Å². The van der Waals surface area contributed by atoms with Crippen molar-refractivity contribution in [3.63, 3.8) is 0 Å². The lowest BCUT2D eigenvalue weighted by Crippen LogP contribution is -2.24. The number of rotatable bonds is 4. The number of hydrogen-bond donors (Lipinski definition) is 1. The highest BCUT2D eigenvalue weighted by Crippen LogP contribution is 2.32. The third-order valence-corrected chi connectivity index (χ3v) is 4.15. The Bertz CT molecular complexity index is 437. The summed E-state index contributed by atoms with van der Waals surface area (Å²) < 4.78 is 1.17. The van der Waals surface area contributed by atoms with Crippen LogP contribution in [0.25, 0.3) is 0 Å². The van der Waals surface area contributed by atoms with Gasteiger partial charge in [-0.1, -0.05) is 40.6 Å². The molecule has 1 aliphatic rings. The number of halogens is 1. The van der Waals surface area contributed by atoms with Gasteiger partial charge in [0.25, 0.3) is 0 Å². The smallest absolute Gasteiger partial charge is 0.0538 e. The van der Waals surface area contributed by atoms with Crippen LogP contribution in [0.15, 0.2) is 34.3 Å². The monoisotopic (exact) mass is 307 g/mol. The van der Waals surface area contributed by atoms with E-state index in [9.17, 15) is 0 Å². The first kappa shape index (κ1) is 13.8. The Balaban J connectivity index is 2.34. The number of allylic oxidation sites excluding steroid dienone is 1. The molecule has 0 heterocycles. The van der Waals surface area contributed by atoms with Crippen LogP contribution >= 0.6 is 15.9 Å². The first-order valence-corrected chi connectivity index (χ1v) is 7.70. The molecule has 1 nitrogen and oxygen atoms in total. The lowest BCUT2D eigenvalue weighted by Gasteiger charge is -2.26. The van der Waals surface area contributed by atoms with Crippen LogP contribution in [0.1, 0.15) is 49.8 Å². The van der Waals surface area contributed by atoms with Crippen LogP contribution in [0.2, 0.25) is 0 Å². The summed E-state index contributed by atoms with van der Waals surface area (Å²) >= 11 is 3.59. The topological polar surface area (TPSA) is 12.0 Å². The maximum atomic E-state index is 3.65. The fourth-order valence-corrected chi connectivity index (χ4v) is 3.07. The van der Waals surface area contributed by atoms with Crippen LogP contribution in [-0.4, -0.2) is 6.54 Å². The largest absolute Gasteiger partial charge is 0.307 e. The average Bonchev–Trinajstić information content (AvgIpc) is 2.40. The van der Waals surface area contributed by atoms with Gasteiger partial charge in [-0.2, -0.15) is 0 Å². The Morgan fingerprint density at radius 3 is 2.83 bits per heavy atom. The molecule has 1 aromatic rings. The van der Waals surface area contributed by atoms with Crippen LogP contribution in [0, 0.1) is 6.92 Å². The third kappa shape index (κ3) is 3.24. The van der Waals surface area contributed by atoms with Crippen molar-refractivity contribution >= 4 is 15.9 Å². The molecule has 0 aromatic heterocycles. The molecule has 0 aliphatic heterocycles. The van der Waals surface area contributed by atoms with Gasteiger partial charge in [-0.25, -0.2) is 0 Å². The minimum atomic E-state index is 0.396. The Morgan fingerprint density at radius 2 is 2.17 bits per heavy atom. The molecule has 0 spiro atoms. The molecule has 1 aromatic carbocycles. The maximum Gasteiger partial charge on any atom is 0.0538 e. The van der Waals surface area contributed by atoms with Gasteiger partial charge in [0.15, 0.2) is 0 Å². The molecule has 2 rings (SSSR count). The van der Waals surface area contributed by atoms with Gasteiger partial charge < -0.3 is 5.32 Å². The van der Waals surface area contributed by atoms with Gasteiger partial charge in [-0.3, -0.25) is 0 Å². The van der Waals surface area contributed by atoms with E-state index in [0.717, 1.165) is 6.54 Å². The van der Waals surface area contributed by atoms with Crippen LogP contribution < -0.4 is 5.32 Å². The summed E-state index contributed by atoms with van der Waals surface area (Å²) in [6.07, 6.45) is 7.60. The van der Waals surface area contributed by atoms with E-state index in [2.05, 4.69) is 59.4 Å². The van der Waals surface area contributed by atoms with Crippen LogP contribution in [0.4, 0.5) is 0 Å². The number of aryl methyl sites for hydroxylation is 1. The lowest BCUT2D eigenvalue weighted by molar-refractivity contribution is 0.562. The molecule has 0 fully saturated rings. The van der Waals surface area contributed by atoms with E-state index >= 15 is 0 Å². The van der Waals surface area contributed by atoms with Gasteiger partial charge in [-0.05, 0) is 62.4 Å². The van der Waals surface area contributed by atoms with E-state index in [1.54, 1.807) is 5.57 Å². The predicted molar refractivity (Wildman–Crippen MR) is 81.8 cm³/mol. The zero-order valence-electron chi connectivity index (χ0n) is 11.3. The average molecular weight is 308 g/mol. The van der Waals surface area contributed by atoms with E-state index in [-0.39, 0.29) is 0 Å². The molecule has 0 radical (unpaired) electrons. The van der Waals surface area contributed by atoms with Crippen molar-refractivity contribution in [1.29, 1.82) is 0 Å². The zero-order valence-corrected chi connectivity index (χ0v) is 12.9. The van der Waals surface area contributed by atoms with Crippen molar-refractivity contribution < 1.29 is 0 Å². The standard InChI is InChI=1S/C16H22BrN/c1-3-18-16(13-7-5-4-6-8-13)15-11-14(17)10-9-12(15)2/h7,9-11,16,18H,3-6,8H2,1-2H3. The van der Waals surface area contributed by atoms with E-state index in [1.165, 1.54) is 41.3 Å². The molecule has 0 saturated carbocycles. The quantitative estimate of drug-likeness (QED) is 0.779. The minimum absolute atomic E-state index is 0.396. The second-order valence-electron chi connectivity index (χ2n) is 5.02. The van der Waals surface area contributed by atoms with Crippen molar-refractivity contribution in [3.05, 3.63) is 45.4 Å². The van der Waals surface area contributed by atoms with Gasteiger partial charge >= 0.3 is 0 Å². The fraction of sp³-hybridized carbons (Fsp3) is 0.500. The molecule has 2 heteroatoms. The molecule has 1 unspecified atom stereocenters. The normalized spacial score (nSPS) is 17.4. The van der Waals surface area contributed by atoms with Gasteiger partial charge in [0, 0.05) is 4.47 Å². The van der Waals surface area contributed by atoms with Crippen molar-refractivity contribution in [3.8, 4) is 0 Å². The number of likely N-dealkylation sites (N-methyl/N-ethyl adjacent to an activating group) is 1. The van der Waals surface area contributed by atoms with Gasteiger partial charge in [0.2, 0.25) is 0 Å². The van der Waals surface area contributed by atoms with E-state index in [1.807, 2.05) is 0 Å². The summed E-state index contributed by atoms with van der Waals surface area (Å²) in [5.41, 5.74) is 4.36. The first-order valence-electron chi connectivity index (χ1n) is 6.90. The molecule has 0 saturated heterocycles. The summed E-state index contributed by atoms with van der Waals surface area (Å²) in [7, 11) is 0. The van der Waals surface area contributed by atoms with E-state index in [4.69, 9.17) is 0 Å². The molecule has 98 valence electrons. The van der Waals surface area contributed by atoms with Gasteiger partial charge in [0.05, 0.1) is 6.04 Å². The second-order valence-corrected chi connectivity index (χ2v) is 5.93. The molecule has 0 amide bonds.